The highest BCUT2D eigenvalue weighted by atomic mass is 16.5. The zero-order valence-electron chi connectivity index (χ0n) is 12.9. The Kier molecular flexibility index (Phi) is 7.87. The predicted octanol–water partition coefficient (Wildman–Crippen LogP) is 2.55. The van der Waals surface area contributed by atoms with Crippen molar-refractivity contribution in [1.29, 1.82) is 0 Å². The molecular formula is C15H31N3O. The molecule has 0 atom stereocenters. The Morgan fingerprint density at radius 2 is 2.00 bits per heavy atom. The Labute approximate surface area is 118 Å². The van der Waals surface area contributed by atoms with Gasteiger partial charge in [-0.05, 0) is 44.9 Å². The Bertz CT molecular complexity index is 257. The van der Waals surface area contributed by atoms with Crippen molar-refractivity contribution in [3.63, 3.8) is 0 Å². The van der Waals surface area contributed by atoms with Gasteiger partial charge in [-0.15, -0.1) is 0 Å². The van der Waals surface area contributed by atoms with Crippen molar-refractivity contribution < 1.29 is 4.74 Å². The lowest BCUT2D eigenvalue weighted by atomic mass is 9.67. The van der Waals surface area contributed by atoms with Gasteiger partial charge >= 0.3 is 0 Å². The minimum absolute atomic E-state index is 0.494. The molecule has 1 rings (SSSR count). The summed E-state index contributed by atoms with van der Waals surface area (Å²) < 4.78 is 5.33. The van der Waals surface area contributed by atoms with Crippen LogP contribution in [0.15, 0.2) is 4.99 Å². The molecule has 0 aromatic rings. The summed E-state index contributed by atoms with van der Waals surface area (Å²) in [4.78, 5) is 4.75. The molecule has 0 amide bonds. The van der Waals surface area contributed by atoms with Crippen LogP contribution >= 0.6 is 0 Å². The third-order valence-electron chi connectivity index (χ3n) is 4.04. The number of nitrogens with zero attached hydrogens (tertiary/aromatic N) is 1. The lowest BCUT2D eigenvalue weighted by Crippen LogP contribution is -2.40. The van der Waals surface area contributed by atoms with E-state index in [1.54, 1.807) is 0 Å². The number of rotatable bonds is 9. The van der Waals surface area contributed by atoms with Gasteiger partial charge in [-0.3, -0.25) is 4.99 Å². The second-order valence-electron chi connectivity index (χ2n) is 5.38. The Hall–Kier alpha value is -0.770. The quantitative estimate of drug-likeness (QED) is 0.384. The summed E-state index contributed by atoms with van der Waals surface area (Å²) in [7, 11) is 0. The summed E-state index contributed by atoms with van der Waals surface area (Å²) in [6.45, 7) is 10.8. The van der Waals surface area contributed by atoms with Crippen LogP contribution < -0.4 is 10.6 Å². The molecule has 0 spiro atoms. The van der Waals surface area contributed by atoms with E-state index in [1.807, 2.05) is 6.92 Å². The third kappa shape index (κ3) is 5.81. The molecule has 0 aliphatic heterocycles. The van der Waals surface area contributed by atoms with Crippen molar-refractivity contribution in [1.82, 2.24) is 10.6 Å². The maximum atomic E-state index is 5.33. The number of guanidine groups is 1. The summed E-state index contributed by atoms with van der Waals surface area (Å²) in [5.74, 6) is 0.957. The van der Waals surface area contributed by atoms with Crippen LogP contribution in [0.2, 0.25) is 0 Å². The van der Waals surface area contributed by atoms with Gasteiger partial charge in [-0.25, -0.2) is 0 Å². The fourth-order valence-corrected chi connectivity index (χ4v) is 2.41. The molecule has 2 N–H and O–H groups in total. The summed E-state index contributed by atoms with van der Waals surface area (Å²) >= 11 is 0. The highest BCUT2D eigenvalue weighted by Crippen LogP contribution is 2.43. The van der Waals surface area contributed by atoms with Crippen LogP contribution in [0.3, 0.4) is 0 Å². The molecule has 1 saturated carbocycles. The van der Waals surface area contributed by atoms with Crippen LogP contribution in [-0.4, -0.2) is 38.8 Å². The smallest absolute Gasteiger partial charge is 0.191 e. The lowest BCUT2D eigenvalue weighted by molar-refractivity contribution is 0.139. The minimum Gasteiger partial charge on any atom is -0.382 e. The average Bonchev–Trinajstić information content (AvgIpc) is 2.37. The van der Waals surface area contributed by atoms with Crippen molar-refractivity contribution in [2.75, 3.05) is 32.8 Å². The van der Waals surface area contributed by atoms with Gasteiger partial charge in [0.05, 0.1) is 0 Å². The van der Waals surface area contributed by atoms with E-state index in [2.05, 4.69) is 24.5 Å². The molecule has 1 fully saturated rings. The first-order valence-corrected chi connectivity index (χ1v) is 7.86. The topological polar surface area (TPSA) is 45.7 Å². The van der Waals surface area contributed by atoms with Gasteiger partial charge in [-0.2, -0.15) is 0 Å². The van der Waals surface area contributed by atoms with Gasteiger partial charge in [0.2, 0.25) is 0 Å². The van der Waals surface area contributed by atoms with Gasteiger partial charge in [0.1, 0.15) is 0 Å². The molecule has 0 heterocycles. The van der Waals surface area contributed by atoms with Gasteiger partial charge in [0.15, 0.2) is 5.96 Å². The standard InChI is InChI=1S/C15H31N3O/c1-4-15(9-7-10-15)13-18-14(16-5-2)17-11-8-12-19-6-3/h4-13H2,1-3H3,(H2,16,17,18). The molecule has 0 unspecified atom stereocenters. The monoisotopic (exact) mass is 269 g/mol. The first-order chi connectivity index (χ1) is 9.26. The number of aliphatic imine (C=N–C) groups is 1. The SMILES string of the molecule is CCNC(=NCC1(CC)CCC1)NCCCOCC. The summed E-state index contributed by atoms with van der Waals surface area (Å²) in [6, 6.07) is 0. The largest absolute Gasteiger partial charge is 0.382 e. The number of hydrogen-bond donors (Lipinski definition) is 2. The van der Waals surface area contributed by atoms with Crippen LogP contribution in [0.4, 0.5) is 0 Å². The number of ether oxygens (including phenoxy) is 1. The van der Waals surface area contributed by atoms with Gasteiger partial charge < -0.3 is 15.4 Å². The summed E-state index contributed by atoms with van der Waals surface area (Å²) in [5.41, 5.74) is 0.494. The fraction of sp³-hybridized carbons (Fsp3) is 0.933. The van der Waals surface area contributed by atoms with Crippen LogP contribution in [0.5, 0.6) is 0 Å². The van der Waals surface area contributed by atoms with Crippen molar-refractivity contribution in [3.05, 3.63) is 0 Å². The van der Waals surface area contributed by atoms with Gasteiger partial charge in [-0.1, -0.05) is 13.3 Å². The van der Waals surface area contributed by atoms with E-state index in [4.69, 9.17) is 9.73 Å². The molecule has 4 heteroatoms. The molecule has 0 aromatic carbocycles. The fourth-order valence-electron chi connectivity index (χ4n) is 2.41. The van der Waals surface area contributed by atoms with Crippen molar-refractivity contribution in [2.45, 2.75) is 52.9 Å². The highest BCUT2D eigenvalue weighted by molar-refractivity contribution is 5.79. The second-order valence-corrected chi connectivity index (χ2v) is 5.38. The molecule has 0 saturated heterocycles. The number of nitrogens with one attached hydrogen (secondary N) is 2. The molecule has 1 aliphatic carbocycles. The zero-order chi connectivity index (χ0) is 14.0. The molecule has 0 bridgehead atoms. The molecule has 0 radical (unpaired) electrons. The van der Waals surface area contributed by atoms with Crippen LogP contribution in [0.25, 0.3) is 0 Å². The average molecular weight is 269 g/mol. The second kappa shape index (κ2) is 9.18. The van der Waals surface area contributed by atoms with E-state index in [1.165, 1.54) is 25.7 Å². The highest BCUT2D eigenvalue weighted by Gasteiger charge is 2.34. The van der Waals surface area contributed by atoms with Crippen molar-refractivity contribution in [3.8, 4) is 0 Å². The van der Waals surface area contributed by atoms with Crippen LogP contribution in [-0.2, 0) is 4.74 Å². The molecule has 0 aromatic heterocycles. The van der Waals surface area contributed by atoms with Crippen molar-refractivity contribution in [2.24, 2.45) is 10.4 Å². The van der Waals surface area contributed by atoms with Crippen LogP contribution in [0, 0.1) is 5.41 Å². The van der Waals surface area contributed by atoms with E-state index in [0.29, 0.717) is 5.41 Å². The molecular weight excluding hydrogens is 238 g/mol. The third-order valence-corrected chi connectivity index (χ3v) is 4.04. The van der Waals surface area contributed by atoms with E-state index in [9.17, 15) is 0 Å². The van der Waals surface area contributed by atoms with E-state index >= 15 is 0 Å². The summed E-state index contributed by atoms with van der Waals surface area (Å²) in [5, 5.41) is 6.70. The number of hydrogen-bond acceptors (Lipinski definition) is 2. The zero-order valence-corrected chi connectivity index (χ0v) is 12.9. The first-order valence-electron chi connectivity index (χ1n) is 7.86. The van der Waals surface area contributed by atoms with Gasteiger partial charge in [0.25, 0.3) is 0 Å². The molecule has 19 heavy (non-hydrogen) atoms. The van der Waals surface area contributed by atoms with Crippen LogP contribution in [0.1, 0.15) is 52.9 Å². The lowest BCUT2D eigenvalue weighted by Gasteiger charge is -2.40. The molecule has 4 nitrogen and oxygen atoms in total. The molecule has 1 aliphatic rings. The molecule has 112 valence electrons. The van der Waals surface area contributed by atoms with Gasteiger partial charge in [0, 0.05) is 32.8 Å². The maximum Gasteiger partial charge on any atom is 0.191 e. The van der Waals surface area contributed by atoms with E-state index in [-0.39, 0.29) is 0 Å². The van der Waals surface area contributed by atoms with E-state index < -0.39 is 0 Å². The predicted molar refractivity (Wildman–Crippen MR) is 81.7 cm³/mol. The minimum atomic E-state index is 0.494. The van der Waals surface area contributed by atoms with E-state index in [0.717, 1.165) is 45.2 Å². The maximum absolute atomic E-state index is 5.33. The normalized spacial score (nSPS) is 17.9. The Balaban J connectivity index is 2.29. The Morgan fingerprint density at radius 3 is 2.53 bits per heavy atom. The Morgan fingerprint density at radius 1 is 1.21 bits per heavy atom. The summed E-state index contributed by atoms with van der Waals surface area (Å²) in [6.07, 6.45) is 6.34. The van der Waals surface area contributed by atoms with Crippen molar-refractivity contribution >= 4 is 5.96 Å². The first kappa shape index (κ1) is 16.3.